The Morgan fingerprint density at radius 1 is 0.727 bits per heavy atom. The van der Waals surface area contributed by atoms with Crippen LogP contribution in [0, 0.1) is 11.6 Å². The third-order valence-corrected chi connectivity index (χ3v) is 3.57. The first-order chi connectivity index (χ1) is 10.7. The summed E-state index contributed by atoms with van der Waals surface area (Å²) in [5.74, 6) is -0.687. The van der Waals surface area contributed by atoms with Gasteiger partial charge in [0.15, 0.2) is 0 Å². The minimum Gasteiger partial charge on any atom is -0.392 e. The summed E-state index contributed by atoms with van der Waals surface area (Å²) in [7, 11) is 0. The highest BCUT2D eigenvalue weighted by Crippen LogP contribution is 2.35. The molecule has 0 bridgehead atoms. The van der Waals surface area contributed by atoms with Gasteiger partial charge in [-0.15, -0.1) is 0 Å². The Hall–Kier alpha value is -2.52. The van der Waals surface area contributed by atoms with Crippen LogP contribution >= 0.6 is 0 Å². The molecule has 3 heteroatoms. The van der Waals surface area contributed by atoms with Crippen LogP contribution in [0.15, 0.2) is 66.7 Å². The van der Waals surface area contributed by atoms with Crippen LogP contribution < -0.4 is 0 Å². The molecule has 0 saturated heterocycles. The van der Waals surface area contributed by atoms with Gasteiger partial charge in [-0.2, -0.15) is 0 Å². The molecule has 3 rings (SSSR count). The Labute approximate surface area is 127 Å². The van der Waals surface area contributed by atoms with Gasteiger partial charge in [-0.25, -0.2) is 8.78 Å². The maximum Gasteiger partial charge on any atom is 0.123 e. The first kappa shape index (κ1) is 14.4. The summed E-state index contributed by atoms with van der Waals surface area (Å²) in [4.78, 5) is 0. The van der Waals surface area contributed by atoms with E-state index in [1.165, 1.54) is 24.3 Å². The third-order valence-electron chi connectivity index (χ3n) is 3.57. The van der Waals surface area contributed by atoms with E-state index in [2.05, 4.69) is 0 Å². The van der Waals surface area contributed by atoms with Gasteiger partial charge in [0.2, 0.25) is 0 Å². The summed E-state index contributed by atoms with van der Waals surface area (Å²) >= 11 is 0. The Kier molecular flexibility index (Phi) is 3.98. The van der Waals surface area contributed by atoms with Gasteiger partial charge in [0.05, 0.1) is 6.61 Å². The first-order valence-electron chi connectivity index (χ1n) is 6.93. The summed E-state index contributed by atoms with van der Waals surface area (Å²) in [5.41, 5.74) is 3.50. The molecule has 0 aliphatic heterocycles. The number of aliphatic hydroxyl groups excluding tert-OH is 1. The van der Waals surface area contributed by atoms with Gasteiger partial charge in [-0.05, 0) is 52.1 Å². The van der Waals surface area contributed by atoms with Crippen LogP contribution in [-0.2, 0) is 6.61 Å². The van der Waals surface area contributed by atoms with Crippen LogP contribution in [-0.4, -0.2) is 5.11 Å². The Balaban J connectivity index is 2.27. The molecule has 0 aliphatic carbocycles. The lowest BCUT2D eigenvalue weighted by molar-refractivity contribution is 0.282. The molecule has 0 spiro atoms. The molecule has 0 radical (unpaired) electrons. The van der Waals surface area contributed by atoms with Gasteiger partial charge < -0.3 is 5.11 Å². The van der Waals surface area contributed by atoms with E-state index in [1.807, 2.05) is 6.07 Å². The Bertz CT molecular complexity index is 812. The summed E-state index contributed by atoms with van der Waals surface area (Å²) in [6, 6.07) is 17.8. The van der Waals surface area contributed by atoms with E-state index in [9.17, 15) is 13.9 Å². The second-order valence-electron chi connectivity index (χ2n) is 5.02. The van der Waals surface area contributed by atoms with Gasteiger partial charge in [0.1, 0.15) is 11.6 Å². The summed E-state index contributed by atoms with van der Waals surface area (Å²) in [6.45, 7) is -0.172. The number of halogens is 2. The maximum atomic E-state index is 13.6. The van der Waals surface area contributed by atoms with E-state index in [0.717, 1.165) is 11.1 Å². The van der Waals surface area contributed by atoms with Crippen molar-refractivity contribution in [2.45, 2.75) is 6.61 Å². The first-order valence-corrected chi connectivity index (χ1v) is 6.93. The largest absolute Gasteiger partial charge is 0.392 e. The zero-order valence-corrected chi connectivity index (χ0v) is 11.8. The number of hydrogen-bond acceptors (Lipinski definition) is 1. The molecule has 22 heavy (non-hydrogen) atoms. The minimum absolute atomic E-state index is 0.172. The monoisotopic (exact) mass is 296 g/mol. The molecule has 1 N–H and O–H groups in total. The van der Waals surface area contributed by atoms with Gasteiger partial charge in [-0.3, -0.25) is 0 Å². The van der Waals surface area contributed by atoms with Crippen molar-refractivity contribution in [3.8, 4) is 22.3 Å². The van der Waals surface area contributed by atoms with E-state index in [0.29, 0.717) is 16.7 Å². The molecular weight excluding hydrogens is 282 g/mol. The fraction of sp³-hybridized carbons (Fsp3) is 0.0526. The minimum atomic E-state index is -0.351. The van der Waals surface area contributed by atoms with Crippen LogP contribution in [0.2, 0.25) is 0 Å². The molecule has 0 unspecified atom stereocenters. The fourth-order valence-corrected chi connectivity index (χ4v) is 2.61. The topological polar surface area (TPSA) is 20.2 Å². The number of aliphatic hydroxyl groups is 1. The van der Waals surface area contributed by atoms with Crippen molar-refractivity contribution >= 4 is 0 Å². The predicted octanol–water partition coefficient (Wildman–Crippen LogP) is 4.79. The zero-order chi connectivity index (χ0) is 15.5. The highest BCUT2D eigenvalue weighted by Gasteiger charge is 2.13. The molecule has 0 aromatic heterocycles. The van der Waals surface area contributed by atoms with Crippen LogP contribution in [0.1, 0.15) is 5.56 Å². The molecule has 0 saturated carbocycles. The highest BCUT2D eigenvalue weighted by atomic mass is 19.1. The van der Waals surface area contributed by atoms with Crippen molar-refractivity contribution in [2.24, 2.45) is 0 Å². The summed E-state index contributed by atoms with van der Waals surface area (Å²) in [6.07, 6.45) is 0. The molecule has 0 fully saturated rings. The maximum absolute atomic E-state index is 13.6. The molecule has 0 atom stereocenters. The lowest BCUT2D eigenvalue weighted by Crippen LogP contribution is -1.94. The van der Waals surface area contributed by atoms with Crippen molar-refractivity contribution in [3.63, 3.8) is 0 Å². The molecule has 110 valence electrons. The average molecular weight is 296 g/mol. The van der Waals surface area contributed by atoms with Crippen LogP contribution in [0.3, 0.4) is 0 Å². The summed E-state index contributed by atoms with van der Waals surface area (Å²) < 4.78 is 27.1. The lowest BCUT2D eigenvalue weighted by Gasteiger charge is -2.14. The smallest absolute Gasteiger partial charge is 0.123 e. The van der Waals surface area contributed by atoms with Gasteiger partial charge in [-0.1, -0.05) is 42.5 Å². The van der Waals surface area contributed by atoms with E-state index >= 15 is 0 Å². The SMILES string of the molecule is OCc1cccc(-c2cccc(F)c2)c1-c1cccc(F)c1. The van der Waals surface area contributed by atoms with Crippen LogP contribution in [0.4, 0.5) is 8.78 Å². The van der Waals surface area contributed by atoms with Crippen LogP contribution in [0.5, 0.6) is 0 Å². The van der Waals surface area contributed by atoms with Crippen molar-refractivity contribution in [1.29, 1.82) is 0 Å². The van der Waals surface area contributed by atoms with Gasteiger partial charge >= 0.3 is 0 Å². The fourth-order valence-electron chi connectivity index (χ4n) is 2.61. The second-order valence-corrected chi connectivity index (χ2v) is 5.02. The van der Waals surface area contributed by atoms with E-state index < -0.39 is 0 Å². The van der Waals surface area contributed by atoms with Gasteiger partial charge in [0.25, 0.3) is 0 Å². The number of hydrogen-bond donors (Lipinski definition) is 1. The molecule has 3 aromatic carbocycles. The zero-order valence-electron chi connectivity index (χ0n) is 11.8. The molecule has 1 nitrogen and oxygen atoms in total. The molecule has 3 aromatic rings. The lowest BCUT2D eigenvalue weighted by atomic mass is 9.90. The number of rotatable bonds is 3. The standard InChI is InChI=1S/C19H14F2O/c20-16-7-1-4-13(10-16)18-9-3-6-15(12-22)19(18)14-5-2-8-17(21)11-14/h1-11,22H,12H2. The van der Waals surface area contributed by atoms with Crippen molar-refractivity contribution < 1.29 is 13.9 Å². The van der Waals surface area contributed by atoms with Gasteiger partial charge in [0, 0.05) is 0 Å². The number of benzene rings is 3. The van der Waals surface area contributed by atoms with Crippen LogP contribution in [0.25, 0.3) is 22.3 Å². The third kappa shape index (κ3) is 2.76. The predicted molar refractivity (Wildman–Crippen MR) is 83.2 cm³/mol. The Morgan fingerprint density at radius 3 is 1.95 bits per heavy atom. The highest BCUT2D eigenvalue weighted by molar-refractivity contribution is 5.85. The Morgan fingerprint density at radius 2 is 1.32 bits per heavy atom. The van der Waals surface area contributed by atoms with E-state index in [-0.39, 0.29) is 18.2 Å². The summed E-state index contributed by atoms with van der Waals surface area (Å²) in [5, 5.41) is 9.61. The van der Waals surface area contributed by atoms with Crippen molar-refractivity contribution in [1.82, 2.24) is 0 Å². The normalized spacial score (nSPS) is 10.7. The average Bonchev–Trinajstić information content (AvgIpc) is 2.54. The molecule has 0 heterocycles. The van der Waals surface area contributed by atoms with Crippen molar-refractivity contribution in [3.05, 3.63) is 83.9 Å². The van der Waals surface area contributed by atoms with E-state index in [4.69, 9.17) is 0 Å². The molecule has 0 aliphatic rings. The second kappa shape index (κ2) is 6.08. The quantitative estimate of drug-likeness (QED) is 0.736. The van der Waals surface area contributed by atoms with E-state index in [1.54, 1.807) is 36.4 Å². The molecular formula is C19H14F2O. The molecule has 0 amide bonds. The van der Waals surface area contributed by atoms with Crippen molar-refractivity contribution in [2.75, 3.05) is 0 Å².